The molecule has 0 radical (unpaired) electrons. The number of hydrogen-bond acceptors (Lipinski definition) is 7. The summed E-state index contributed by atoms with van der Waals surface area (Å²) in [6, 6.07) is 1.33. The van der Waals surface area contributed by atoms with E-state index >= 15 is 0 Å². The average Bonchev–Trinajstić information content (AvgIpc) is 2.64. The van der Waals surface area contributed by atoms with Gasteiger partial charge in [0.1, 0.15) is 18.0 Å². The fourth-order valence-electron chi connectivity index (χ4n) is 1.92. The van der Waals surface area contributed by atoms with Crippen LogP contribution in [-0.4, -0.2) is 49.3 Å². The van der Waals surface area contributed by atoms with Gasteiger partial charge in [0.05, 0.1) is 6.61 Å². The maximum Gasteiger partial charge on any atom is 0.351 e. The molecule has 1 aromatic heterocycles. The highest BCUT2D eigenvalue weighted by atomic mass is 16.6. The molecule has 1 fully saturated rings. The number of rotatable bonds is 2. The topological polar surface area (TPSA) is 131 Å². The number of nitrogens with two attached hydrogens (primary N) is 1. The van der Waals surface area contributed by atoms with Crippen LogP contribution >= 0.6 is 0 Å². The van der Waals surface area contributed by atoms with Crippen LogP contribution in [0.4, 0.5) is 5.82 Å². The summed E-state index contributed by atoms with van der Waals surface area (Å²) >= 11 is 0. The molecule has 2 heterocycles. The number of hydrogen-bond donors (Lipinski definition) is 4. The third kappa shape index (κ3) is 1.98. The van der Waals surface area contributed by atoms with Gasteiger partial charge >= 0.3 is 5.69 Å². The number of aliphatic hydroxyl groups is 3. The van der Waals surface area contributed by atoms with E-state index in [1.807, 2.05) is 0 Å². The Bertz CT molecular complexity index is 580. The number of terminal acetylenes is 1. The number of aliphatic hydroxyl groups excluding tert-OH is 3. The van der Waals surface area contributed by atoms with Gasteiger partial charge in [0.15, 0.2) is 11.8 Å². The van der Waals surface area contributed by atoms with E-state index in [1.165, 1.54) is 12.3 Å². The molecule has 0 amide bonds. The monoisotopic (exact) mass is 267 g/mol. The molecule has 2 unspecified atom stereocenters. The summed E-state index contributed by atoms with van der Waals surface area (Å²) in [4.78, 5) is 15.1. The summed E-state index contributed by atoms with van der Waals surface area (Å²) in [7, 11) is 0. The van der Waals surface area contributed by atoms with Crippen molar-refractivity contribution in [1.29, 1.82) is 0 Å². The van der Waals surface area contributed by atoms with E-state index in [0.717, 1.165) is 4.57 Å². The van der Waals surface area contributed by atoms with Crippen LogP contribution in [0.1, 0.15) is 6.23 Å². The van der Waals surface area contributed by atoms with E-state index in [-0.39, 0.29) is 5.82 Å². The van der Waals surface area contributed by atoms with Crippen LogP contribution in [0, 0.1) is 12.3 Å². The van der Waals surface area contributed by atoms with Crippen LogP contribution in [0.5, 0.6) is 0 Å². The molecule has 1 saturated heterocycles. The van der Waals surface area contributed by atoms with Crippen molar-refractivity contribution >= 4 is 5.82 Å². The minimum atomic E-state index is -1.76. The predicted octanol–water partition coefficient (Wildman–Crippen LogP) is -2.56. The molecule has 1 aromatic rings. The number of nitrogens with zero attached hydrogens (tertiary/aromatic N) is 2. The van der Waals surface area contributed by atoms with Crippen LogP contribution < -0.4 is 11.4 Å². The molecule has 0 saturated carbocycles. The molecule has 0 aliphatic carbocycles. The highest BCUT2D eigenvalue weighted by Gasteiger charge is 2.54. The summed E-state index contributed by atoms with van der Waals surface area (Å²) in [6.45, 7) is -0.699. The van der Waals surface area contributed by atoms with Crippen molar-refractivity contribution in [1.82, 2.24) is 9.55 Å². The van der Waals surface area contributed by atoms with Gasteiger partial charge in [-0.1, -0.05) is 5.92 Å². The Morgan fingerprint density at radius 3 is 2.79 bits per heavy atom. The van der Waals surface area contributed by atoms with Crippen molar-refractivity contribution < 1.29 is 20.1 Å². The zero-order chi connectivity index (χ0) is 14.2. The average molecular weight is 267 g/mol. The number of aromatic nitrogens is 2. The molecule has 5 N–H and O–H groups in total. The highest BCUT2D eigenvalue weighted by molar-refractivity contribution is 5.24. The second-order valence-corrected chi connectivity index (χ2v) is 4.18. The number of anilines is 1. The first-order valence-corrected chi connectivity index (χ1v) is 5.42. The first-order valence-electron chi connectivity index (χ1n) is 5.42. The Balaban J connectivity index is 2.43. The molecule has 2 rings (SSSR count). The highest BCUT2D eigenvalue weighted by Crippen LogP contribution is 2.35. The van der Waals surface area contributed by atoms with E-state index in [9.17, 15) is 20.1 Å². The number of nitrogen functional groups attached to an aromatic ring is 1. The summed E-state index contributed by atoms with van der Waals surface area (Å²) < 4.78 is 6.22. The summed E-state index contributed by atoms with van der Waals surface area (Å²) in [5, 5.41) is 29.0. The van der Waals surface area contributed by atoms with Crippen molar-refractivity contribution in [3.63, 3.8) is 0 Å². The lowest BCUT2D eigenvalue weighted by Gasteiger charge is -2.23. The van der Waals surface area contributed by atoms with Crippen LogP contribution in [0.15, 0.2) is 17.1 Å². The Kier molecular flexibility index (Phi) is 3.30. The molecule has 8 heteroatoms. The summed E-state index contributed by atoms with van der Waals surface area (Å²) in [5.41, 5.74) is 2.82. The van der Waals surface area contributed by atoms with Crippen molar-refractivity contribution in [3.05, 3.63) is 22.7 Å². The van der Waals surface area contributed by atoms with Crippen LogP contribution in [-0.2, 0) is 4.74 Å². The van der Waals surface area contributed by atoms with Gasteiger partial charge in [-0.25, -0.2) is 4.79 Å². The second kappa shape index (κ2) is 4.64. The van der Waals surface area contributed by atoms with Gasteiger partial charge in [-0.05, 0) is 6.07 Å². The van der Waals surface area contributed by atoms with Crippen LogP contribution in [0.2, 0.25) is 0 Å². The molecule has 1 aliphatic rings. The molecule has 102 valence electrons. The molecular weight excluding hydrogens is 254 g/mol. The maximum absolute atomic E-state index is 11.7. The van der Waals surface area contributed by atoms with E-state index in [1.54, 1.807) is 0 Å². The molecular formula is C11H13N3O5. The standard InChI is InChI=1S/C11H13N3O5/c1-2-11(5-15)8(17)7(16)9(19-11)14-4-3-6(12)13-10(14)18/h1,3-4,7-9,15-17H,5H2,(H2,12,13,18)/t7?,8?,9-,11-/m1/s1. The third-order valence-electron chi connectivity index (χ3n) is 3.03. The van der Waals surface area contributed by atoms with E-state index in [2.05, 4.69) is 10.9 Å². The third-order valence-corrected chi connectivity index (χ3v) is 3.03. The molecule has 0 aromatic carbocycles. The normalized spacial score (nSPS) is 34.1. The van der Waals surface area contributed by atoms with Gasteiger partial charge in [0, 0.05) is 6.20 Å². The lowest BCUT2D eigenvalue weighted by Crippen LogP contribution is -2.45. The second-order valence-electron chi connectivity index (χ2n) is 4.18. The first-order chi connectivity index (χ1) is 8.95. The largest absolute Gasteiger partial charge is 0.392 e. The summed E-state index contributed by atoms with van der Waals surface area (Å²) in [5.74, 6) is 2.11. The minimum absolute atomic E-state index is 0.0136. The van der Waals surface area contributed by atoms with Gasteiger partial charge in [-0.15, -0.1) is 6.42 Å². The van der Waals surface area contributed by atoms with E-state index in [0.29, 0.717) is 0 Å². The zero-order valence-electron chi connectivity index (χ0n) is 9.80. The molecule has 1 aliphatic heterocycles. The van der Waals surface area contributed by atoms with Gasteiger partial charge in [-0.2, -0.15) is 4.98 Å². The molecule has 8 nitrogen and oxygen atoms in total. The molecule has 19 heavy (non-hydrogen) atoms. The van der Waals surface area contributed by atoms with Crippen LogP contribution in [0.25, 0.3) is 0 Å². The van der Waals surface area contributed by atoms with Crippen molar-refractivity contribution in [2.75, 3.05) is 12.3 Å². The van der Waals surface area contributed by atoms with Gasteiger partial charge in [0.25, 0.3) is 0 Å². The fourth-order valence-corrected chi connectivity index (χ4v) is 1.92. The van der Waals surface area contributed by atoms with Gasteiger partial charge in [-0.3, -0.25) is 4.57 Å². The SMILES string of the molecule is C#C[C@]1(CO)O[C@@H](n2ccc(N)nc2=O)C(O)C1O. The lowest BCUT2D eigenvalue weighted by molar-refractivity contribution is -0.0935. The number of ether oxygens (including phenoxy) is 1. The lowest BCUT2D eigenvalue weighted by atomic mass is 9.97. The van der Waals surface area contributed by atoms with Crippen molar-refractivity contribution in [2.24, 2.45) is 0 Å². The minimum Gasteiger partial charge on any atom is -0.392 e. The molecule has 4 atom stereocenters. The van der Waals surface area contributed by atoms with Crippen molar-refractivity contribution in [2.45, 2.75) is 24.0 Å². The smallest absolute Gasteiger partial charge is 0.351 e. The zero-order valence-corrected chi connectivity index (χ0v) is 9.80. The Labute approximate surface area is 108 Å². The first kappa shape index (κ1) is 13.5. The van der Waals surface area contributed by atoms with Gasteiger partial charge < -0.3 is 25.8 Å². The van der Waals surface area contributed by atoms with E-state index in [4.69, 9.17) is 16.9 Å². The Hall–Kier alpha value is -1.92. The maximum atomic E-state index is 11.7. The predicted molar refractivity (Wildman–Crippen MR) is 63.7 cm³/mol. The Morgan fingerprint density at radius 2 is 2.32 bits per heavy atom. The van der Waals surface area contributed by atoms with E-state index < -0.39 is 36.3 Å². The quantitative estimate of drug-likeness (QED) is 0.433. The Morgan fingerprint density at radius 1 is 1.63 bits per heavy atom. The fraction of sp³-hybridized carbons (Fsp3) is 0.455. The van der Waals surface area contributed by atoms with Crippen molar-refractivity contribution in [3.8, 4) is 12.3 Å². The summed E-state index contributed by atoms with van der Waals surface area (Å²) in [6.07, 6.45) is 2.20. The molecule has 0 spiro atoms. The molecule has 0 bridgehead atoms. The van der Waals surface area contributed by atoms with Crippen LogP contribution in [0.3, 0.4) is 0 Å². The van der Waals surface area contributed by atoms with Gasteiger partial charge in [0.2, 0.25) is 0 Å².